The molecule has 1 N–H and O–H groups in total. The summed E-state index contributed by atoms with van der Waals surface area (Å²) in [6.45, 7) is 0. The summed E-state index contributed by atoms with van der Waals surface area (Å²) in [4.78, 5) is 0.818. The Bertz CT molecular complexity index is 415. The molecule has 0 spiro atoms. The van der Waals surface area contributed by atoms with E-state index in [0.29, 0.717) is 4.34 Å². The number of aliphatic hydroxyl groups excluding tert-OH is 1. The average Bonchev–Trinajstić information content (AvgIpc) is 2.64. The van der Waals surface area contributed by atoms with Gasteiger partial charge in [0.25, 0.3) is 0 Å². The third-order valence-electron chi connectivity index (χ3n) is 3.61. The molecule has 1 atom stereocenters. The van der Waals surface area contributed by atoms with Crippen molar-refractivity contribution < 1.29 is 5.11 Å². The van der Waals surface area contributed by atoms with Gasteiger partial charge in [-0.15, -0.1) is 11.3 Å². The Morgan fingerprint density at radius 1 is 1.29 bits per heavy atom. The molecular formula is C13H16ClNOS. The second kappa shape index (κ2) is 5.39. The molecule has 1 unspecified atom stereocenters. The molecular weight excluding hydrogens is 254 g/mol. The highest BCUT2D eigenvalue weighted by Gasteiger charge is 2.39. The lowest BCUT2D eigenvalue weighted by Gasteiger charge is -2.29. The molecule has 1 heterocycles. The summed E-state index contributed by atoms with van der Waals surface area (Å²) < 4.78 is 0.667. The first-order valence-corrected chi connectivity index (χ1v) is 7.22. The van der Waals surface area contributed by atoms with Crippen LogP contribution in [0.1, 0.15) is 49.5 Å². The zero-order chi connectivity index (χ0) is 12.3. The topological polar surface area (TPSA) is 44.0 Å². The number of thiophene rings is 1. The Labute approximate surface area is 111 Å². The molecule has 17 heavy (non-hydrogen) atoms. The first-order valence-electron chi connectivity index (χ1n) is 6.02. The van der Waals surface area contributed by atoms with Gasteiger partial charge >= 0.3 is 0 Å². The summed E-state index contributed by atoms with van der Waals surface area (Å²) in [6, 6.07) is 6.00. The first-order chi connectivity index (χ1) is 8.18. The summed E-state index contributed by atoms with van der Waals surface area (Å²) in [5.74, 6) is 0. The van der Waals surface area contributed by atoms with Crippen LogP contribution < -0.4 is 0 Å². The molecule has 1 saturated carbocycles. The molecule has 1 aromatic rings. The predicted molar refractivity (Wildman–Crippen MR) is 70.0 cm³/mol. The van der Waals surface area contributed by atoms with Crippen molar-refractivity contribution >= 4 is 22.9 Å². The molecule has 0 aliphatic heterocycles. The fourth-order valence-electron chi connectivity index (χ4n) is 2.55. The van der Waals surface area contributed by atoms with Crippen molar-refractivity contribution in [1.82, 2.24) is 0 Å². The third kappa shape index (κ3) is 2.65. The summed E-state index contributed by atoms with van der Waals surface area (Å²) in [7, 11) is 0. The predicted octanol–water partition coefficient (Wildman–Crippen LogP) is 4.30. The van der Waals surface area contributed by atoms with Crippen LogP contribution in [-0.2, 0) is 0 Å². The number of hydrogen-bond donors (Lipinski definition) is 1. The van der Waals surface area contributed by atoms with Crippen LogP contribution in [-0.4, -0.2) is 5.11 Å². The lowest BCUT2D eigenvalue weighted by atomic mass is 9.76. The maximum absolute atomic E-state index is 10.5. The standard InChI is InChI=1S/C13H16ClNOS/c14-11-6-5-10(17-11)12(16)13(9-15)7-3-1-2-4-8-13/h5-6,12,16H,1-4,7-8H2. The zero-order valence-corrected chi connectivity index (χ0v) is 11.2. The summed E-state index contributed by atoms with van der Waals surface area (Å²) in [5, 5.41) is 19.9. The Kier molecular flexibility index (Phi) is 4.09. The molecule has 1 aliphatic rings. The second-order valence-corrected chi connectivity index (χ2v) is 6.47. The third-order valence-corrected chi connectivity index (χ3v) is 4.89. The largest absolute Gasteiger partial charge is 0.386 e. The maximum Gasteiger partial charge on any atom is 0.107 e. The van der Waals surface area contributed by atoms with Crippen LogP contribution in [0.25, 0.3) is 0 Å². The number of rotatable bonds is 2. The van der Waals surface area contributed by atoms with Gasteiger partial charge in [0.1, 0.15) is 6.10 Å². The van der Waals surface area contributed by atoms with E-state index in [1.165, 1.54) is 24.2 Å². The molecule has 0 radical (unpaired) electrons. The summed E-state index contributed by atoms with van der Waals surface area (Å²) >= 11 is 7.26. The molecule has 0 bridgehead atoms. The van der Waals surface area contributed by atoms with Crippen molar-refractivity contribution in [2.75, 3.05) is 0 Å². The lowest BCUT2D eigenvalue weighted by molar-refractivity contribution is 0.0546. The highest BCUT2D eigenvalue weighted by Crippen LogP contribution is 2.46. The van der Waals surface area contributed by atoms with Gasteiger partial charge in [0.05, 0.1) is 15.8 Å². The second-order valence-electron chi connectivity index (χ2n) is 4.73. The van der Waals surface area contributed by atoms with Crippen molar-refractivity contribution in [1.29, 1.82) is 5.26 Å². The average molecular weight is 270 g/mol. The van der Waals surface area contributed by atoms with Gasteiger partial charge in [0, 0.05) is 4.88 Å². The lowest BCUT2D eigenvalue weighted by Crippen LogP contribution is -2.26. The molecule has 92 valence electrons. The van der Waals surface area contributed by atoms with Crippen molar-refractivity contribution in [3.05, 3.63) is 21.3 Å². The number of nitriles is 1. The van der Waals surface area contributed by atoms with E-state index >= 15 is 0 Å². The van der Waals surface area contributed by atoms with Gasteiger partial charge in [-0.05, 0) is 25.0 Å². The van der Waals surface area contributed by atoms with Crippen LogP contribution >= 0.6 is 22.9 Å². The van der Waals surface area contributed by atoms with E-state index in [1.54, 1.807) is 6.07 Å². The van der Waals surface area contributed by atoms with E-state index in [0.717, 1.165) is 30.6 Å². The van der Waals surface area contributed by atoms with Gasteiger partial charge < -0.3 is 5.11 Å². The Balaban J connectivity index is 2.25. The molecule has 1 aromatic heterocycles. The van der Waals surface area contributed by atoms with E-state index < -0.39 is 11.5 Å². The minimum atomic E-state index is -0.692. The van der Waals surface area contributed by atoms with E-state index in [9.17, 15) is 10.4 Å². The summed E-state index contributed by atoms with van der Waals surface area (Å²) in [5.41, 5.74) is -0.606. The van der Waals surface area contributed by atoms with Crippen LogP contribution in [0.2, 0.25) is 4.34 Å². The SMILES string of the molecule is N#CC1(C(O)c2ccc(Cl)s2)CCCCCC1. The van der Waals surface area contributed by atoms with Crippen LogP contribution in [0.15, 0.2) is 12.1 Å². The van der Waals surface area contributed by atoms with Crippen LogP contribution in [0, 0.1) is 16.7 Å². The van der Waals surface area contributed by atoms with Crippen LogP contribution in [0.3, 0.4) is 0 Å². The Morgan fingerprint density at radius 3 is 2.41 bits per heavy atom. The first kappa shape index (κ1) is 12.9. The quantitative estimate of drug-likeness (QED) is 0.814. The van der Waals surface area contributed by atoms with Gasteiger partial charge in [-0.3, -0.25) is 0 Å². The molecule has 0 amide bonds. The number of aliphatic hydroxyl groups is 1. The smallest absolute Gasteiger partial charge is 0.107 e. The van der Waals surface area contributed by atoms with E-state index in [-0.39, 0.29) is 0 Å². The van der Waals surface area contributed by atoms with Crippen molar-refractivity contribution in [3.8, 4) is 6.07 Å². The molecule has 1 fully saturated rings. The molecule has 2 nitrogen and oxygen atoms in total. The van der Waals surface area contributed by atoms with Crippen molar-refractivity contribution in [2.24, 2.45) is 5.41 Å². The Morgan fingerprint density at radius 2 is 1.94 bits per heavy atom. The molecule has 4 heteroatoms. The number of hydrogen-bond acceptors (Lipinski definition) is 3. The van der Waals surface area contributed by atoms with Gasteiger partial charge in [0.2, 0.25) is 0 Å². The summed E-state index contributed by atoms with van der Waals surface area (Å²) in [6.07, 6.45) is 5.29. The van der Waals surface area contributed by atoms with Gasteiger partial charge in [-0.25, -0.2) is 0 Å². The highest BCUT2D eigenvalue weighted by molar-refractivity contribution is 7.16. The fraction of sp³-hybridized carbons (Fsp3) is 0.615. The normalized spacial score (nSPS) is 21.5. The fourth-order valence-corrected chi connectivity index (χ4v) is 3.72. The van der Waals surface area contributed by atoms with Gasteiger partial charge in [-0.1, -0.05) is 37.3 Å². The van der Waals surface area contributed by atoms with E-state index in [1.807, 2.05) is 6.07 Å². The highest BCUT2D eigenvalue weighted by atomic mass is 35.5. The molecule has 0 aromatic carbocycles. The minimum Gasteiger partial charge on any atom is -0.386 e. The Hall–Kier alpha value is -0.560. The van der Waals surface area contributed by atoms with Crippen LogP contribution in [0.4, 0.5) is 0 Å². The van der Waals surface area contributed by atoms with Crippen molar-refractivity contribution in [2.45, 2.75) is 44.6 Å². The van der Waals surface area contributed by atoms with Gasteiger partial charge in [0.15, 0.2) is 0 Å². The molecule has 0 saturated heterocycles. The zero-order valence-electron chi connectivity index (χ0n) is 9.66. The number of halogens is 1. The number of nitrogens with zero attached hydrogens (tertiary/aromatic N) is 1. The monoisotopic (exact) mass is 269 g/mol. The van der Waals surface area contributed by atoms with E-state index in [4.69, 9.17) is 11.6 Å². The van der Waals surface area contributed by atoms with Crippen LogP contribution in [0.5, 0.6) is 0 Å². The van der Waals surface area contributed by atoms with E-state index in [2.05, 4.69) is 6.07 Å². The molecule has 1 aliphatic carbocycles. The molecule has 2 rings (SSSR count). The van der Waals surface area contributed by atoms with Crippen molar-refractivity contribution in [3.63, 3.8) is 0 Å². The van der Waals surface area contributed by atoms with Gasteiger partial charge in [-0.2, -0.15) is 5.26 Å². The maximum atomic E-state index is 10.5. The minimum absolute atomic E-state index is 0.606.